The predicted octanol–water partition coefficient (Wildman–Crippen LogP) is 5.06. The third kappa shape index (κ3) is 6.60. The van der Waals surface area contributed by atoms with Gasteiger partial charge in [-0.25, -0.2) is 0 Å². The highest BCUT2D eigenvalue weighted by atomic mass is 35.5. The van der Waals surface area contributed by atoms with Crippen LogP contribution >= 0.6 is 11.6 Å². The van der Waals surface area contributed by atoms with E-state index in [4.69, 9.17) is 21.1 Å². The topological polar surface area (TPSA) is 38.8 Å². The first kappa shape index (κ1) is 20.1. The summed E-state index contributed by atoms with van der Waals surface area (Å²) >= 11 is 5.84. The van der Waals surface area contributed by atoms with Crippen molar-refractivity contribution >= 4 is 17.5 Å². The van der Waals surface area contributed by atoms with Gasteiger partial charge in [0.15, 0.2) is 0 Å². The number of nitrogens with zero attached hydrogens (tertiary/aromatic N) is 1. The van der Waals surface area contributed by atoms with Gasteiger partial charge in [-0.15, -0.1) is 0 Å². The van der Waals surface area contributed by atoms with Gasteiger partial charge >= 0.3 is 0 Å². The number of benzene rings is 2. The normalized spacial score (nSPS) is 10.7. The maximum atomic E-state index is 12.4. The van der Waals surface area contributed by atoms with E-state index in [9.17, 15) is 4.79 Å². The second-order valence-electron chi connectivity index (χ2n) is 6.43. The van der Waals surface area contributed by atoms with E-state index in [1.807, 2.05) is 45.2 Å². The van der Waals surface area contributed by atoms with Crippen LogP contribution in [0.25, 0.3) is 0 Å². The summed E-state index contributed by atoms with van der Waals surface area (Å²) in [5.74, 6) is 1.60. The van der Waals surface area contributed by atoms with Crippen molar-refractivity contribution in [3.8, 4) is 11.5 Å². The molecular weight excluding hydrogens is 350 g/mol. The average Bonchev–Trinajstić information content (AvgIpc) is 2.62. The van der Waals surface area contributed by atoms with Crippen molar-refractivity contribution in [2.45, 2.75) is 32.8 Å². The van der Waals surface area contributed by atoms with Gasteiger partial charge in [0.1, 0.15) is 11.5 Å². The largest absolute Gasteiger partial charge is 0.494 e. The molecule has 0 heterocycles. The fourth-order valence-electron chi connectivity index (χ4n) is 2.44. The van der Waals surface area contributed by atoms with Crippen LogP contribution in [-0.4, -0.2) is 37.1 Å². The van der Waals surface area contributed by atoms with Crippen molar-refractivity contribution in [1.29, 1.82) is 0 Å². The van der Waals surface area contributed by atoms with E-state index >= 15 is 0 Å². The molecule has 0 aromatic heterocycles. The number of carbonyl (C=O) groups is 1. The van der Waals surface area contributed by atoms with Crippen LogP contribution in [0, 0.1) is 0 Å². The molecule has 0 saturated carbocycles. The molecule has 0 bridgehead atoms. The van der Waals surface area contributed by atoms with Gasteiger partial charge in [-0.1, -0.05) is 11.6 Å². The zero-order valence-electron chi connectivity index (χ0n) is 15.6. The lowest BCUT2D eigenvalue weighted by molar-refractivity contribution is 0.0791. The molecular formula is C21H26ClNO3. The lowest BCUT2D eigenvalue weighted by Crippen LogP contribution is -2.27. The van der Waals surface area contributed by atoms with Gasteiger partial charge < -0.3 is 14.4 Å². The van der Waals surface area contributed by atoms with Gasteiger partial charge in [0.25, 0.3) is 5.91 Å². The molecule has 0 aliphatic rings. The summed E-state index contributed by atoms with van der Waals surface area (Å²) in [6, 6.07) is 14.6. The molecule has 2 rings (SSSR count). The van der Waals surface area contributed by atoms with Gasteiger partial charge in [0.05, 0.1) is 12.7 Å². The number of ether oxygens (including phenoxy) is 2. The van der Waals surface area contributed by atoms with E-state index < -0.39 is 0 Å². The van der Waals surface area contributed by atoms with E-state index in [0.29, 0.717) is 23.7 Å². The van der Waals surface area contributed by atoms with Crippen LogP contribution in [0.5, 0.6) is 11.5 Å². The summed E-state index contributed by atoms with van der Waals surface area (Å²) in [6.45, 7) is 5.25. The van der Waals surface area contributed by atoms with Crippen LogP contribution < -0.4 is 9.47 Å². The van der Waals surface area contributed by atoms with Crippen LogP contribution in [0.2, 0.25) is 5.02 Å². The molecule has 0 unspecified atom stereocenters. The molecule has 4 nitrogen and oxygen atoms in total. The number of halogens is 1. The Bertz CT molecular complexity index is 683. The molecule has 0 aliphatic heterocycles. The zero-order valence-corrected chi connectivity index (χ0v) is 16.3. The number of rotatable bonds is 9. The Morgan fingerprint density at radius 3 is 2.23 bits per heavy atom. The SMILES string of the molecule is CC(C)Oc1ccc(C(=O)N(C)CCCCOc2ccc(Cl)cc2)cc1. The Balaban J connectivity index is 1.70. The Morgan fingerprint density at radius 2 is 1.62 bits per heavy atom. The Labute approximate surface area is 160 Å². The molecule has 5 heteroatoms. The molecule has 0 radical (unpaired) electrons. The van der Waals surface area contributed by atoms with E-state index in [1.54, 1.807) is 29.2 Å². The smallest absolute Gasteiger partial charge is 0.253 e. The van der Waals surface area contributed by atoms with Crippen LogP contribution in [0.1, 0.15) is 37.0 Å². The van der Waals surface area contributed by atoms with E-state index in [1.165, 1.54) is 0 Å². The highest BCUT2D eigenvalue weighted by molar-refractivity contribution is 6.30. The summed E-state index contributed by atoms with van der Waals surface area (Å²) in [6.07, 6.45) is 1.88. The fraction of sp³-hybridized carbons (Fsp3) is 0.381. The van der Waals surface area contributed by atoms with Gasteiger partial charge in [-0.05, 0) is 75.2 Å². The third-order valence-electron chi connectivity index (χ3n) is 3.79. The minimum Gasteiger partial charge on any atom is -0.494 e. The average molecular weight is 376 g/mol. The maximum absolute atomic E-state index is 12.4. The van der Waals surface area contributed by atoms with Crippen LogP contribution in [0.4, 0.5) is 0 Å². The molecule has 0 spiro atoms. The first-order valence-corrected chi connectivity index (χ1v) is 9.24. The van der Waals surface area contributed by atoms with Crippen molar-refractivity contribution in [2.75, 3.05) is 20.2 Å². The van der Waals surface area contributed by atoms with Crippen molar-refractivity contribution in [1.82, 2.24) is 4.90 Å². The molecule has 2 aromatic rings. The minimum absolute atomic E-state index is 0.0136. The summed E-state index contributed by atoms with van der Waals surface area (Å²) < 4.78 is 11.3. The summed E-state index contributed by atoms with van der Waals surface area (Å²) in [5.41, 5.74) is 0.668. The Kier molecular flexibility index (Phi) is 7.79. The molecule has 0 fully saturated rings. The van der Waals surface area contributed by atoms with E-state index in [0.717, 1.165) is 24.3 Å². The van der Waals surface area contributed by atoms with Crippen LogP contribution in [0.3, 0.4) is 0 Å². The van der Waals surface area contributed by atoms with Crippen LogP contribution in [-0.2, 0) is 0 Å². The number of hydrogen-bond acceptors (Lipinski definition) is 3. The van der Waals surface area contributed by atoms with E-state index in [-0.39, 0.29) is 12.0 Å². The van der Waals surface area contributed by atoms with Crippen molar-refractivity contribution in [3.05, 3.63) is 59.1 Å². The first-order valence-electron chi connectivity index (χ1n) is 8.86. The van der Waals surface area contributed by atoms with Gasteiger partial charge in [0.2, 0.25) is 0 Å². The highest BCUT2D eigenvalue weighted by Gasteiger charge is 2.11. The molecule has 26 heavy (non-hydrogen) atoms. The molecule has 1 amide bonds. The van der Waals surface area contributed by atoms with Gasteiger partial charge in [-0.3, -0.25) is 4.79 Å². The summed E-state index contributed by atoms with van der Waals surface area (Å²) in [4.78, 5) is 14.2. The Hall–Kier alpha value is -2.20. The van der Waals surface area contributed by atoms with Gasteiger partial charge in [-0.2, -0.15) is 0 Å². The number of unbranched alkanes of at least 4 members (excludes halogenated alkanes) is 1. The van der Waals surface area contributed by atoms with Crippen LogP contribution in [0.15, 0.2) is 48.5 Å². The third-order valence-corrected chi connectivity index (χ3v) is 4.04. The second-order valence-corrected chi connectivity index (χ2v) is 6.86. The van der Waals surface area contributed by atoms with Gasteiger partial charge in [0, 0.05) is 24.2 Å². The lowest BCUT2D eigenvalue weighted by Gasteiger charge is -2.17. The Morgan fingerprint density at radius 1 is 1.00 bits per heavy atom. The monoisotopic (exact) mass is 375 g/mol. The molecule has 2 aromatic carbocycles. The number of amides is 1. The first-order chi connectivity index (χ1) is 12.5. The van der Waals surface area contributed by atoms with Crippen molar-refractivity contribution in [3.63, 3.8) is 0 Å². The second kappa shape index (κ2) is 10.1. The maximum Gasteiger partial charge on any atom is 0.253 e. The molecule has 0 atom stereocenters. The standard InChI is InChI=1S/C21H26ClNO3/c1-16(2)26-20-10-6-17(7-11-20)21(24)23(3)14-4-5-15-25-19-12-8-18(22)9-13-19/h6-13,16H,4-5,14-15H2,1-3H3. The fourth-order valence-corrected chi connectivity index (χ4v) is 2.57. The molecule has 0 saturated heterocycles. The summed E-state index contributed by atoms with van der Waals surface area (Å²) in [5, 5.41) is 0.696. The number of hydrogen-bond donors (Lipinski definition) is 0. The van der Waals surface area contributed by atoms with Crippen molar-refractivity contribution in [2.24, 2.45) is 0 Å². The summed E-state index contributed by atoms with van der Waals surface area (Å²) in [7, 11) is 1.82. The van der Waals surface area contributed by atoms with Crippen molar-refractivity contribution < 1.29 is 14.3 Å². The minimum atomic E-state index is 0.0136. The predicted molar refractivity (Wildman–Crippen MR) is 105 cm³/mol. The lowest BCUT2D eigenvalue weighted by atomic mass is 10.2. The highest BCUT2D eigenvalue weighted by Crippen LogP contribution is 2.16. The molecule has 0 aliphatic carbocycles. The van der Waals surface area contributed by atoms with E-state index in [2.05, 4.69) is 0 Å². The quantitative estimate of drug-likeness (QED) is 0.575. The number of carbonyl (C=O) groups excluding carboxylic acids is 1. The zero-order chi connectivity index (χ0) is 18.9. The molecule has 0 N–H and O–H groups in total. The molecule has 140 valence electrons.